The van der Waals surface area contributed by atoms with E-state index in [1.54, 1.807) is 12.1 Å². The van der Waals surface area contributed by atoms with Crippen LogP contribution in [0.4, 0.5) is 5.69 Å². The second-order valence-electron chi connectivity index (χ2n) is 7.28. The Balaban J connectivity index is 1.32. The number of benzene rings is 2. The van der Waals surface area contributed by atoms with Crippen molar-refractivity contribution in [2.24, 2.45) is 5.10 Å². The third-order valence-electron chi connectivity index (χ3n) is 5.11. The van der Waals surface area contributed by atoms with Gasteiger partial charge in [0, 0.05) is 23.7 Å². The van der Waals surface area contributed by atoms with Crippen molar-refractivity contribution in [1.29, 1.82) is 0 Å². The molecule has 3 aliphatic heterocycles. The van der Waals surface area contributed by atoms with Gasteiger partial charge < -0.3 is 24.3 Å². The molecule has 1 fully saturated rings. The smallest absolute Gasteiger partial charge is 0.277 e. The summed E-state index contributed by atoms with van der Waals surface area (Å²) >= 11 is 0. The summed E-state index contributed by atoms with van der Waals surface area (Å²) in [5.74, 6) is 1.07. The predicted molar refractivity (Wildman–Crippen MR) is 114 cm³/mol. The Morgan fingerprint density at radius 2 is 1.81 bits per heavy atom. The standard InChI is InChI=1S/C22H24N4O6/c27-21(16-4-2-1-3-5-16)26-22(24-17-6-7-18-19(14-17)29-11-10-28-18)25(15-23-26)32-9-8-20-30-12-13-31-20/h1-7,14-15,20,22,24H,8-13H2. The molecule has 168 valence electrons. The fraction of sp³-hybridized carbons (Fsp3) is 0.364. The van der Waals surface area contributed by atoms with Crippen molar-refractivity contribution in [1.82, 2.24) is 10.1 Å². The molecule has 0 bridgehead atoms. The van der Waals surface area contributed by atoms with E-state index in [0.29, 0.717) is 56.5 Å². The van der Waals surface area contributed by atoms with Crippen LogP contribution in [0.25, 0.3) is 0 Å². The van der Waals surface area contributed by atoms with Gasteiger partial charge in [-0.2, -0.15) is 15.2 Å². The predicted octanol–water partition coefficient (Wildman–Crippen LogP) is 2.25. The normalized spacial score (nSPS) is 20.1. The third-order valence-corrected chi connectivity index (χ3v) is 5.11. The summed E-state index contributed by atoms with van der Waals surface area (Å²) in [6, 6.07) is 14.5. The highest BCUT2D eigenvalue weighted by atomic mass is 16.7. The van der Waals surface area contributed by atoms with Crippen LogP contribution in [0.3, 0.4) is 0 Å². The third kappa shape index (κ3) is 4.47. The number of amides is 1. The van der Waals surface area contributed by atoms with Crippen LogP contribution < -0.4 is 14.8 Å². The van der Waals surface area contributed by atoms with Gasteiger partial charge in [0.1, 0.15) is 19.6 Å². The Bertz CT molecular complexity index is 966. The molecule has 32 heavy (non-hydrogen) atoms. The van der Waals surface area contributed by atoms with Crippen molar-refractivity contribution >= 4 is 17.9 Å². The molecule has 1 N–H and O–H groups in total. The molecule has 2 aromatic rings. The lowest BCUT2D eigenvalue weighted by Gasteiger charge is -2.30. The summed E-state index contributed by atoms with van der Waals surface area (Å²) in [5, 5.41) is 10.4. The Kier molecular flexibility index (Phi) is 6.06. The van der Waals surface area contributed by atoms with Gasteiger partial charge in [-0.3, -0.25) is 9.63 Å². The molecular formula is C22H24N4O6. The number of hydroxylamine groups is 2. The highest BCUT2D eigenvalue weighted by molar-refractivity contribution is 5.95. The number of nitrogens with one attached hydrogen (secondary N) is 1. The zero-order chi connectivity index (χ0) is 21.8. The molecule has 0 spiro atoms. The molecule has 1 atom stereocenters. The van der Waals surface area contributed by atoms with Crippen molar-refractivity contribution in [3.63, 3.8) is 0 Å². The van der Waals surface area contributed by atoms with Crippen LogP contribution in [0.5, 0.6) is 11.5 Å². The molecule has 1 amide bonds. The second-order valence-corrected chi connectivity index (χ2v) is 7.28. The van der Waals surface area contributed by atoms with E-state index >= 15 is 0 Å². The molecule has 0 radical (unpaired) electrons. The number of rotatable bonds is 7. The van der Waals surface area contributed by atoms with Gasteiger partial charge in [0.05, 0.1) is 19.8 Å². The number of fused-ring (bicyclic) bond motifs is 1. The molecular weight excluding hydrogens is 416 g/mol. The molecule has 5 rings (SSSR count). The summed E-state index contributed by atoms with van der Waals surface area (Å²) in [6.45, 7) is 2.52. The largest absolute Gasteiger partial charge is 0.486 e. The Morgan fingerprint density at radius 1 is 1.03 bits per heavy atom. The van der Waals surface area contributed by atoms with Crippen molar-refractivity contribution < 1.29 is 28.6 Å². The summed E-state index contributed by atoms with van der Waals surface area (Å²) in [7, 11) is 0. The maximum atomic E-state index is 13.1. The molecule has 10 nitrogen and oxygen atoms in total. The molecule has 0 aromatic heterocycles. The number of ether oxygens (including phenoxy) is 4. The number of nitrogens with zero attached hydrogens (tertiary/aromatic N) is 3. The van der Waals surface area contributed by atoms with E-state index < -0.39 is 6.29 Å². The topological polar surface area (TPSA) is 94.1 Å². The molecule has 1 saturated heterocycles. The van der Waals surface area contributed by atoms with Crippen LogP contribution in [0.1, 0.15) is 16.8 Å². The summed E-state index contributed by atoms with van der Waals surface area (Å²) < 4.78 is 22.2. The summed E-state index contributed by atoms with van der Waals surface area (Å²) in [6.07, 6.45) is 1.07. The summed E-state index contributed by atoms with van der Waals surface area (Å²) in [5.41, 5.74) is 1.25. The van der Waals surface area contributed by atoms with Gasteiger partial charge in [-0.15, -0.1) is 0 Å². The lowest BCUT2D eigenvalue weighted by Crippen LogP contribution is -2.48. The molecule has 10 heteroatoms. The van der Waals surface area contributed by atoms with Crippen LogP contribution in [-0.2, 0) is 14.3 Å². The van der Waals surface area contributed by atoms with E-state index in [9.17, 15) is 4.79 Å². The van der Waals surface area contributed by atoms with Gasteiger partial charge in [0.15, 0.2) is 17.8 Å². The lowest BCUT2D eigenvalue weighted by atomic mass is 10.2. The van der Waals surface area contributed by atoms with Crippen LogP contribution in [0.2, 0.25) is 0 Å². The maximum Gasteiger partial charge on any atom is 0.277 e. The van der Waals surface area contributed by atoms with Gasteiger partial charge in [0.25, 0.3) is 5.91 Å². The van der Waals surface area contributed by atoms with Gasteiger partial charge >= 0.3 is 0 Å². The SMILES string of the molecule is O=C(c1ccccc1)N1N=CN(OCCC2OCCO2)C1Nc1ccc2c(c1)OCCO2. The quantitative estimate of drug-likeness (QED) is 0.701. The average molecular weight is 440 g/mol. The van der Waals surface area contributed by atoms with Crippen LogP contribution in [0, 0.1) is 0 Å². The first-order chi connectivity index (χ1) is 15.8. The molecule has 1 unspecified atom stereocenters. The first-order valence-corrected chi connectivity index (χ1v) is 10.5. The summed E-state index contributed by atoms with van der Waals surface area (Å²) in [4.78, 5) is 19.0. The minimum Gasteiger partial charge on any atom is -0.486 e. The van der Waals surface area contributed by atoms with E-state index in [4.69, 9.17) is 23.8 Å². The molecule has 0 aliphatic carbocycles. The Labute approximate surface area is 185 Å². The lowest BCUT2D eigenvalue weighted by molar-refractivity contribution is -0.151. The average Bonchev–Trinajstić information content (AvgIpc) is 3.50. The first kappa shape index (κ1) is 20.6. The molecule has 0 saturated carbocycles. The fourth-order valence-electron chi connectivity index (χ4n) is 3.56. The van der Waals surface area contributed by atoms with Crippen molar-refractivity contribution in [2.45, 2.75) is 19.0 Å². The van der Waals surface area contributed by atoms with E-state index in [-0.39, 0.29) is 12.2 Å². The number of anilines is 1. The number of hydrogen-bond acceptors (Lipinski definition) is 9. The second kappa shape index (κ2) is 9.43. The van der Waals surface area contributed by atoms with E-state index in [1.165, 1.54) is 16.4 Å². The van der Waals surface area contributed by atoms with Crippen molar-refractivity contribution in [2.75, 3.05) is 38.4 Å². The van der Waals surface area contributed by atoms with Gasteiger partial charge in [-0.1, -0.05) is 18.2 Å². The zero-order valence-corrected chi connectivity index (χ0v) is 17.4. The maximum absolute atomic E-state index is 13.1. The van der Waals surface area contributed by atoms with E-state index in [1.807, 2.05) is 36.4 Å². The number of carbonyl (C=O) groups excluding carboxylic acids is 1. The van der Waals surface area contributed by atoms with Gasteiger partial charge in [-0.25, -0.2) is 0 Å². The highest BCUT2D eigenvalue weighted by Gasteiger charge is 2.35. The van der Waals surface area contributed by atoms with Gasteiger partial charge in [-0.05, 0) is 24.3 Å². The monoisotopic (exact) mass is 440 g/mol. The van der Waals surface area contributed by atoms with Crippen molar-refractivity contribution in [3.8, 4) is 11.5 Å². The number of carbonyl (C=O) groups is 1. The zero-order valence-electron chi connectivity index (χ0n) is 17.4. The van der Waals surface area contributed by atoms with Crippen LogP contribution in [-0.4, -0.2) is 67.9 Å². The molecule has 3 aliphatic rings. The van der Waals surface area contributed by atoms with E-state index in [0.717, 1.165) is 5.69 Å². The first-order valence-electron chi connectivity index (χ1n) is 10.5. The highest BCUT2D eigenvalue weighted by Crippen LogP contribution is 2.33. The number of hydrazone groups is 1. The van der Waals surface area contributed by atoms with Crippen LogP contribution in [0.15, 0.2) is 53.6 Å². The Hall–Kier alpha value is -3.34. The van der Waals surface area contributed by atoms with Crippen LogP contribution >= 0.6 is 0 Å². The van der Waals surface area contributed by atoms with Crippen molar-refractivity contribution in [3.05, 3.63) is 54.1 Å². The fourth-order valence-corrected chi connectivity index (χ4v) is 3.56. The molecule has 2 aromatic carbocycles. The minimum atomic E-state index is -0.698. The number of hydrogen-bond donors (Lipinski definition) is 1. The minimum absolute atomic E-state index is 0.259. The Morgan fingerprint density at radius 3 is 2.62 bits per heavy atom. The molecule has 3 heterocycles. The van der Waals surface area contributed by atoms with E-state index in [2.05, 4.69) is 10.4 Å². The van der Waals surface area contributed by atoms with Gasteiger partial charge in [0.2, 0.25) is 6.29 Å².